The maximum Gasteiger partial charge on any atom is 0.233 e. The molecular formula is C25H27N3O2. The van der Waals surface area contributed by atoms with Gasteiger partial charge in [-0.3, -0.25) is 4.79 Å². The van der Waals surface area contributed by atoms with E-state index in [1.165, 1.54) is 0 Å². The molecule has 1 aromatic heterocycles. The van der Waals surface area contributed by atoms with Gasteiger partial charge in [0.2, 0.25) is 5.91 Å². The summed E-state index contributed by atoms with van der Waals surface area (Å²) in [6.45, 7) is 1.49. The van der Waals surface area contributed by atoms with Crippen LogP contribution < -0.4 is 0 Å². The molecule has 1 aliphatic carbocycles. The van der Waals surface area contributed by atoms with Gasteiger partial charge in [-0.05, 0) is 43.4 Å². The van der Waals surface area contributed by atoms with Gasteiger partial charge in [0.05, 0.1) is 29.6 Å². The number of likely N-dealkylation sites (tertiary alicyclic amines) is 1. The minimum absolute atomic E-state index is 0.0154. The molecule has 2 aromatic carbocycles. The molecule has 0 spiro atoms. The van der Waals surface area contributed by atoms with Gasteiger partial charge < -0.3 is 10.0 Å². The number of carbonyl (C=O) groups excluding carboxylic acids is 1. The fourth-order valence-electron chi connectivity index (χ4n) is 4.89. The Morgan fingerprint density at radius 2 is 1.63 bits per heavy atom. The molecule has 0 radical (unpaired) electrons. The first-order valence-electron chi connectivity index (χ1n) is 10.8. The van der Waals surface area contributed by atoms with Crippen molar-refractivity contribution in [3.8, 4) is 5.69 Å². The molecule has 5 heteroatoms. The monoisotopic (exact) mass is 401 g/mol. The standard InChI is InChI=1S/C25H27N3O2/c29-18-20-17-26-28(22-9-5-2-6-10-22)23(20)19-11-15-27(16-12-19)24(30)25(13-14-25)21-7-3-1-4-8-21/h1-10,17,19,29H,11-16,18H2. The summed E-state index contributed by atoms with van der Waals surface area (Å²) in [5.74, 6) is 0.567. The predicted molar refractivity (Wildman–Crippen MR) is 115 cm³/mol. The van der Waals surface area contributed by atoms with Crippen LogP contribution in [0.1, 0.15) is 48.4 Å². The highest BCUT2D eigenvalue weighted by Gasteiger charge is 2.53. The van der Waals surface area contributed by atoms with E-state index >= 15 is 0 Å². The maximum atomic E-state index is 13.4. The van der Waals surface area contributed by atoms with E-state index in [9.17, 15) is 9.90 Å². The molecule has 1 saturated heterocycles. The molecule has 3 aromatic rings. The van der Waals surface area contributed by atoms with Crippen molar-refractivity contribution in [3.63, 3.8) is 0 Å². The van der Waals surface area contributed by atoms with E-state index in [4.69, 9.17) is 0 Å². The van der Waals surface area contributed by atoms with Crippen LogP contribution in [-0.2, 0) is 16.8 Å². The molecule has 5 rings (SSSR count). The molecule has 2 fully saturated rings. The summed E-state index contributed by atoms with van der Waals surface area (Å²) >= 11 is 0. The molecule has 2 heterocycles. The Kier molecular flexibility index (Phi) is 4.91. The number of para-hydroxylation sites is 1. The zero-order valence-corrected chi connectivity index (χ0v) is 17.1. The van der Waals surface area contributed by atoms with Crippen LogP contribution in [0, 0.1) is 0 Å². The van der Waals surface area contributed by atoms with E-state index in [2.05, 4.69) is 22.1 Å². The maximum absolute atomic E-state index is 13.4. The highest BCUT2D eigenvalue weighted by Crippen LogP contribution is 2.50. The number of amides is 1. The number of nitrogens with zero attached hydrogens (tertiary/aromatic N) is 3. The smallest absolute Gasteiger partial charge is 0.233 e. The van der Waals surface area contributed by atoms with Gasteiger partial charge in [-0.1, -0.05) is 48.5 Å². The first-order chi connectivity index (χ1) is 14.7. The Morgan fingerprint density at radius 3 is 2.23 bits per heavy atom. The van der Waals surface area contributed by atoms with Crippen LogP contribution in [0.15, 0.2) is 66.9 Å². The lowest BCUT2D eigenvalue weighted by Gasteiger charge is -2.35. The lowest BCUT2D eigenvalue weighted by molar-refractivity contribution is -0.135. The lowest BCUT2D eigenvalue weighted by Crippen LogP contribution is -2.44. The second-order valence-electron chi connectivity index (χ2n) is 8.48. The first kappa shape index (κ1) is 19.1. The van der Waals surface area contributed by atoms with Gasteiger partial charge in [0.25, 0.3) is 0 Å². The third-order valence-electron chi connectivity index (χ3n) is 6.71. The van der Waals surface area contributed by atoms with Gasteiger partial charge in [-0.2, -0.15) is 5.10 Å². The molecule has 2 aliphatic rings. The van der Waals surface area contributed by atoms with Crippen LogP contribution in [-0.4, -0.2) is 38.8 Å². The van der Waals surface area contributed by atoms with Crippen molar-refractivity contribution < 1.29 is 9.90 Å². The highest BCUT2D eigenvalue weighted by atomic mass is 16.3. The number of aliphatic hydroxyl groups is 1. The number of rotatable bonds is 5. The molecule has 5 nitrogen and oxygen atoms in total. The van der Waals surface area contributed by atoms with Crippen LogP contribution in [0.2, 0.25) is 0 Å². The zero-order valence-electron chi connectivity index (χ0n) is 17.1. The van der Waals surface area contributed by atoms with E-state index in [0.29, 0.717) is 0 Å². The number of benzene rings is 2. The van der Waals surface area contributed by atoms with E-state index in [1.54, 1.807) is 6.20 Å². The Hall–Kier alpha value is -2.92. The van der Waals surface area contributed by atoms with Crippen LogP contribution in [0.3, 0.4) is 0 Å². The fraction of sp³-hybridized carbons (Fsp3) is 0.360. The van der Waals surface area contributed by atoms with Crippen molar-refractivity contribution in [1.82, 2.24) is 14.7 Å². The summed E-state index contributed by atoms with van der Waals surface area (Å²) in [4.78, 5) is 15.4. The lowest BCUT2D eigenvalue weighted by atomic mass is 9.88. The van der Waals surface area contributed by atoms with Crippen molar-refractivity contribution in [2.45, 2.75) is 43.6 Å². The first-order valence-corrected chi connectivity index (χ1v) is 10.8. The minimum Gasteiger partial charge on any atom is -0.392 e. The molecule has 0 bridgehead atoms. The number of hydrogen-bond acceptors (Lipinski definition) is 3. The second kappa shape index (κ2) is 7.73. The largest absolute Gasteiger partial charge is 0.392 e. The van der Waals surface area contributed by atoms with E-state index in [-0.39, 0.29) is 23.8 Å². The topological polar surface area (TPSA) is 58.4 Å². The molecule has 1 saturated carbocycles. The molecular weight excluding hydrogens is 374 g/mol. The predicted octanol–water partition coefficient (Wildman–Crippen LogP) is 3.80. The SMILES string of the molecule is O=C(N1CCC(c2c(CO)cnn2-c2ccccc2)CC1)C1(c2ccccc2)CC1. The summed E-state index contributed by atoms with van der Waals surface area (Å²) in [5, 5.41) is 14.4. The van der Waals surface area contributed by atoms with Gasteiger partial charge in [0.15, 0.2) is 0 Å². The zero-order chi connectivity index (χ0) is 20.6. The summed E-state index contributed by atoms with van der Waals surface area (Å²) in [7, 11) is 0. The number of piperidine rings is 1. The van der Waals surface area contributed by atoms with E-state index in [1.807, 2.05) is 53.2 Å². The average molecular weight is 402 g/mol. The summed E-state index contributed by atoms with van der Waals surface area (Å²) in [6.07, 6.45) is 5.45. The Bertz CT molecular complexity index is 1020. The molecule has 1 aliphatic heterocycles. The summed E-state index contributed by atoms with van der Waals surface area (Å²) < 4.78 is 1.96. The quantitative estimate of drug-likeness (QED) is 0.707. The summed E-state index contributed by atoms with van der Waals surface area (Å²) in [5.41, 5.74) is 3.83. The van der Waals surface area contributed by atoms with Gasteiger partial charge in [-0.25, -0.2) is 4.68 Å². The van der Waals surface area contributed by atoms with Crippen LogP contribution in [0.5, 0.6) is 0 Å². The molecule has 0 atom stereocenters. The third kappa shape index (κ3) is 3.23. The van der Waals surface area contributed by atoms with Crippen molar-refractivity contribution in [2.75, 3.05) is 13.1 Å². The molecule has 1 N–H and O–H groups in total. The Balaban J connectivity index is 1.34. The molecule has 30 heavy (non-hydrogen) atoms. The van der Waals surface area contributed by atoms with Crippen molar-refractivity contribution in [3.05, 3.63) is 83.7 Å². The van der Waals surface area contributed by atoms with Gasteiger partial charge in [-0.15, -0.1) is 0 Å². The Labute approximate surface area is 177 Å². The van der Waals surface area contributed by atoms with Crippen LogP contribution >= 0.6 is 0 Å². The van der Waals surface area contributed by atoms with Crippen LogP contribution in [0.4, 0.5) is 0 Å². The molecule has 1 amide bonds. The fourth-order valence-corrected chi connectivity index (χ4v) is 4.89. The van der Waals surface area contributed by atoms with Crippen molar-refractivity contribution in [2.24, 2.45) is 0 Å². The highest BCUT2D eigenvalue weighted by molar-refractivity contribution is 5.91. The van der Waals surface area contributed by atoms with Crippen LogP contribution in [0.25, 0.3) is 5.69 Å². The minimum atomic E-state index is -0.295. The van der Waals surface area contributed by atoms with Gasteiger partial charge >= 0.3 is 0 Å². The molecule has 0 unspecified atom stereocenters. The van der Waals surface area contributed by atoms with Crippen molar-refractivity contribution in [1.29, 1.82) is 0 Å². The number of aromatic nitrogens is 2. The summed E-state index contributed by atoms with van der Waals surface area (Å²) in [6, 6.07) is 20.3. The average Bonchev–Trinajstić information content (AvgIpc) is 3.52. The van der Waals surface area contributed by atoms with Gasteiger partial charge in [0, 0.05) is 24.6 Å². The normalized spacial score (nSPS) is 18.4. The number of aliphatic hydroxyl groups excluding tert-OH is 1. The Morgan fingerprint density at radius 1 is 1.00 bits per heavy atom. The number of hydrogen-bond donors (Lipinski definition) is 1. The van der Waals surface area contributed by atoms with E-state index < -0.39 is 0 Å². The second-order valence-corrected chi connectivity index (χ2v) is 8.48. The van der Waals surface area contributed by atoms with Gasteiger partial charge in [0.1, 0.15) is 0 Å². The number of carbonyl (C=O) groups is 1. The van der Waals surface area contributed by atoms with E-state index in [0.717, 1.165) is 61.3 Å². The molecule has 154 valence electrons. The third-order valence-corrected chi connectivity index (χ3v) is 6.71. The van der Waals surface area contributed by atoms with Crippen molar-refractivity contribution >= 4 is 5.91 Å².